The number of carbonyl (C=O) groups is 1. The lowest BCUT2D eigenvalue weighted by Crippen LogP contribution is -2.33. The first-order valence-electron chi connectivity index (χ1n) is 12.4. The van der Waals surface area contributed by atoms with E-state index >= 15 is 0 Å². The summed E-state index contributed by atoms with van der Waals surface area (Å²) >= 11 is 0. The van der Waals surface area contributed by atoms with Gasteiger partial charge in [-0.25, -0.2) is 9.78 Å². The van der Waals surface area contributed by atoms with Gasteiger partial charge >= 0.3 is 6.09 Å². The van der Waals surface area contributed by atoms with Gasteiger partial charge in [-0.05, 0) is 40.5 Å². The third-order valence-electron chi connectivity index (χ3n) is 5.20. The number of nitrogens with zero attached hydrogens (tertiary/aromatic N) is 4. The van der Waals surface area contributed by atoms with Crippen LogP contribution in [0.2, 0.25) is 0 Å². The molecule has 2 heterocycles. The zero-order chi connectivity index (χ0) is 26.8. The Hall–Kier alpha value is -3.38. The van der Waals surface area contributed by atoms with E-state index in [1.54, 1.807) is 14.2 Å². The Balaban J connectivity index is 1.75. The normalized spacial score (nSPS) is 11.6. The van der Waals surface area contributed by atoms with Gasteiger partial charge in [0, 0.05) is 39.4 Å². The fourth-order valence-electron chi connectivity index (χ4n) is 3.56. The van der Waals surface area contributed by atoms with Crippen molar-refractivity contribution < 1.29 is 28.5 Å². The lowest BCUT2D eigenvalue weighted by Gasteiger charge is -2.19. The van der Waals surface area contributed by atoms with Crippen LogP contribution in [-0.2, 0) is 14.2 Å². The second-order valence-electron chi connectivity index (χ2n) is 9.40. The van der Waals surface area contributed by atoms with Gasteiger partial charge in [0.2, 0.25) is 5.65 Å². The van der Waals surface area contributed by atoms with Crippen LogP contribution in [0, 0.1) is 6.92 Å². The molecular formula is C25H38N6O6. The number of hydrogen-bond acceptors (Lipinski definition) is 10. The smallest absolute Gasteiger partial charge is 0.407 e. The number of unbranched alkanes of at least 4 members (excludes halogenated alkanes) is 1. The van der Waals surface area contributed by atoms with Crippen molar-refractivity contribution in [2.75, 3.05) is 59.1 Å². The van der Waals surface area contributed by atoms with Crippen molar-refractivity contribution in [1.29, 1.82) is 0 Å². The molecule has 2 N–H and O–H groups in total. The van der Waals surface area contributed by atoms with Gasteiger partial charge < -0.3 is 34.3 Å². The third-order valence-corrected chi connectivity index (χ3v) is 5.20. The van der Waals surface area contributed by atoms with Gasteiger partial charge in [-0.3, -0.25) is 4.40 Å². The number of nitrogens with one attached hydrogen (secondary N) is 2. The van der Waals surface area contributed by atoms with E-state index < -0.39 is 11.7 Å². The van der Waals surface area contributed by atoms with Crippen LogP contribution in [0.15, 0.2) is 12.1 Å². The minimum absolute atomic E-state index is 0.374. The number of anilines is 1. The number of hydrogen-bond donors (Lipinski definition) is 2. The van der Waals surface area contributed by atoms with Crippen molar-refractivity contribution in [3.05, 3.63) is 18.0 Å². The highest BCUT2D eigenvalue weighted by molar-refractivity contribution is 5.85. The van der Waals surface area contributed by atoms with Crippen LogP contribution in [0.4, 0.5) is 10.6 Å². The summed E-state index contributed by atoms with van der Waals surface area (Å²) in [5.74, 6) is 2.49. The van der Waals surface area contributed by atoms with Gasteiger partial charge in [0.1, 0.15) is 24.6 Å². The van der Waals surface area contributed by atoms with E-state index in [0.29, 0.717) is 68.0 Å². The summed E-state index contributed by atoms with van der Waals surface area (Å²) in [6.45, 7) is 10.2. The van der Waals surface area contributed by atoms with Crippen LogP contribution >= 0.6 is 0 Å². The van der Waals surface area contributed by atoms with Gasteiger partial charge in [0.15, 0.2) is 17.3 Å². The fourth-order valence-corrected chi connectivity index (χ4v) is 3.56. The van der Waals surface area contributed by atoms with Crippen molar-refractivity contribution >= 4 is 28.6 Å². The molecule has 0 fully saturated rings. The quantitative estimate of drug-likeness (QED) is 0.306. The van der Waals surface area contributed by atoms with Gasteiger partial charge in [-0.15, -0.1) is 10.2 Å². The summed E-state index contributed by atoms with van der Waals surface area (Å²) in [6, 6.07) is 3.73. The van der Waals surface area contributed by atoms with Crippen LogP contribution in [0.25, 0.3) is 16.7 Å². The molecule has 0 atom stereocenters. The molecule has 2 aromatic heterocycles. The number of benzene rings is 1. The van der Waals surface area contributed by atoms with E-state index in [-0.39, 0.29) is 0 Å². The highest BCUT2D eigenvalue weighted by Gasteiger charge is 2.18. The molecule has 0 spiro atoms. The Bertz CT molecular complexity index is 1180. The van der Waals surface area contributed by atoms with Crippen LogP contribution in [0.1, 0.15) is 39.4 Å². The molecule has 3 aromatic rings. The van der Waals surface area contributed by atoms with E-state index in [0.717, 1.165) is 24.2 Å². The molecule has 1 amide bonds. The monoisotopic (exact) mass is 518 g/mol. The molecule has 1 aromatic carbocycles. The Morgan fingerprint density at radius 2 is 1.59 bits per heavy atom. The average molecular weight is 519 g/mol. The predicted molar refractivity (Wildman–Crippen MR) is 140 cm³/mol. The molecule has 204 valence electrons. The molecular weight excluding hydrogens is 480 g/mol. The Kier molecular flexibility index (Phi) is 10.1. The van der Waals surface area contributed by atoms with E-state index in [9.17, 15) is 4.79 Å². The lowest BCUT2D eigenvalue weighted by molar-refractivity contribution is 0.0527. The first kappa shape index (κ1) is 28.2. The standard InChI is InChI=1S/C25H38N6O6/c1-17-29-30-23-22(26-9-7-8-10-27-24(32)37-25(2,3)4)28-18-15-20(35-13-11-33-5)21(36-14-12-34-6)16-19(18)31(17)23/h15-16H,7-14H2,1-6H3,(H,26,28)(H,27,32). The molecule has 0 radical (unpaired) electrons. The summed E-state index contributed by atoms with van der Waals surface area (Å²) in [7, 11) is 3.25. The average Bonchev–Trinajstić information content (AvgIpc) is 3.22. The summed E-state index contributed by atoms with van der Waals surface area (Å²) in [5, 5.41) is 14.7. The van der Waals surface area contributed by atoms with E-state index in [2.05, 4.69) is 20.8 Å². The number of carbonyl (C=O) groups excluding carboxylic acids is 1. The van der Waals surface area contributed by atoms with Gasteiger partial charge in [0.05, 0.1) is 24.2 Å². The number of alkyl carbamates (subject to hydrolysis) is 1. The molecule has 37 heavy (non-hydrogen) atoms. The molecule has 0 aliphatic heterocycles. The molecule has 0 saturated carbocycles. The molecule has 0 unspecified atom stereocenters. The molecule has 0 aliphatic rings. The van der Waals surface area contributed by atoms with Crippen molar-refractivity contribution in [3.8, 4) is 11.5 Å². The number of fused-ring (bicyclic) bond motifs is 3. The first-order valence-corrected chi connectivity index (χ1v) is 12.4. The summed E-state index contributed by atoms with van der Waals surface area (Å²) in [5.41, 5.74) is 1.61. The zero-order valence-corrected chi connectivity index (χ0v) is 22.5. The van der Waals surface area contributed by atoms with Crippen LogP contribution in [-0.4, -0.2) is 85.0 Å². The first-order chi connectivity index (χ1) is 17.7. The molecule has 12 heteroatoms. The minimum atomic E-state index is -0.513. The second kappa shape index (κ2) is 13.2. The predicted octanol–water partition coefficient (Wildman–Crippen LogP) is 3.35. The highest BCUT2D eigenvalue weighted by atomic mass is 16.6. The zero-order valence-electron chi connectivity index (χ0n) is 22.5. The maximum atomic E-state index is 11.8. The van der Waals surface area contributed by atoms with Crippen molar-refractivity contribution in [3.63, 3.8) is 0 Å². The SMILES string of the molecule is COCCOc1cc2nc(NCCCCNC(=O)OC(C)(C)C)c3nnc(C)n3c2cc1OCCOC. The number of aromatic nitrogens is 4. The summed E-state index contributed by atoms with van der Waals surface area (Å²) in [6.07, 6.45) is 1.18. The van der Waals surface area contributed by atoms with Gasteiger partial charge in [0.25, 0.3) is 0 Å². The second-order valence-corrected chi connectivity index (χ2v) is 9.40. The number of ether oxygens (including phenoxy) is 5. The minimum Gasteiger partial charge on any atom is -0.487 e. The van der Waals surface area contributed by atoms with E-state index in [4.69, 9.17) is 28.7 Å². The van der Waals surface area contributed by atoms with Crippen molar-refractivity contribution in [1.82, 2.24) is 24.9 Å². The van der Waals surface area contributed by atoms with Crippen LogP contribution in [0.5, 0.6) is 11.5 Å². The Labute approximate surface area is 217 Å². The van der Waals surface area contributed by atoms with Crippen molar-refractivity contribution in [2.45, 2.75) is 46.1 Å². The number of amides is 1. The largest absolute Gasteiger partial charge is 0.487 e. The third kappa shape index (κ3) is 8.05. The molecule has 0 aliphatic carbocycles. The maximum absolute atomic E-state index is 11.8. The van der Waals surface area contributed by atoms with Gasteiger partial charge in [-0.1, -0.05) is 0 Å². The van der Waals surface area contributed by atoms with Crippen LogP contribution < -0.4 is 20.1 Å². The summed E-state index contributed by atoms with van der Waals surface area (Å²) < 4.78 is 29.3. The summed E-state index contributed by atoms with van der Waals surface area (Å²) in [4.78, 5) is 16.6. The van der Waals surface area contributed by atoms with Crippen molar-refractivity contribution in [2.24, 2.45) is 0 Å². The van der Waals surface area contributed by atoms with E-state index in [1.165, 1.54) is 0 Å². The number of rotatable bonds is 14. The van der Waals surface area contributed by atoms with Crippen LogP contribution in [0.3, 0.4) is 0 Å². The molecule has 0 bridgehead atoms. The maximum Gasteiger partial charge on any atom is 0.407 e. The Morgan fingerprint density at radius 3 is 2.24 bits per heavy atom. The fraction of sp³-hybridized carbons (Fsp3) is 0.600. The number of aryl methyl sites for hydroxylation is 1. The lowest BCUT2D eigenvalue weighted by atomic mass is 10.2. The Morgan fingerprint density at radius 1 is 0.946 bits per heavy atom. The highest BCUT2D eigenvalue weighted by Crippen LogP contribution is 2.34. The topological polar surface area (TPSA) is 130 Å². The van der Waals surface area contributed by atoms with E-state index in [1.807, 2.05) is 44.2 Å². The number of methoxy groups -OCH3 is 2. The molecule has 12 nitrogen and oxygen atoms in total. The molecule has 3 rings (SSSR count). The molecule has 0 saturated heterocycles. The van der Waals surface area contributed by atoms with Gasteiger partial charge in [-0.2, -0.15) is 0 Å².